The van der Waals surface area contributed by atoms with Gasteiger partial charge >= 0.3 is 5.97 Å². The molecule has 2 amide bonds. The number of carbonyl (C=O) groups is 3. The number of rotatable bonds is 5. The van der Waals surface area contributed by atoms with Crippen LogP contribution in [-0.4, -0.2) is 28.4 Å². The molecule has 0 spiro atoms. The molecular weight excluding hydrogens is 368 g/mol. The standard InChI is InChI=1S/C20H27ClN2O4/c1-19(2,3)12-16(24)22-13-7-8-15(21)14(11-13)17(25)23-20(18(26)27)9-5-4-6-10-20/h7-8,11H,4-6,9-10,12H2,1-3H3,(H,22,24)(H,23,25)(H,26,27). The fourth-order valence-corrected chi connectivity index (χ4v) is 3.50. The van der Waals surface area contributed by atoms with E-state index < -0.39 is 17.4 Å². The van der Waals surface area contributed by atoms with E-state index in [-0.39, 0.29) is 21.9 Å². The third kappa shape index (κ3) is 5.70. The van der Waals surface area contributed by atoms with Gasteiger partial charge in [-0.3, -0.25) is 9.59 Å². The molecule has 6 nitrogen and oxygen atoms in total. The predicted octanol–water partition coefficient (Wildman–Crippen LogP) is 4.23. The first kappa shape index (κ1) is 21.2. The summed E-state index contributed by atoms with van der Waals surface area (Å²) in [6.07, 6.45) is 3.59. The van der Waals surface area contributed by atoms with Crippen LogP contribution in [0.1, 0.15) is 69.7 Å². The number of carboxylic acids is 1. The lowest BCUT2D eigenvalue weighted by Crippen LogP contribution is -2.55. The topological polar surface area (TPSA) is 95.5 Å². The molecule has 0 heterocycles. The maximum atomic E-state index is 12.7. The number of hydrogen-bond donors (Lipinski definition) is 3. The molecule has 0 saturated heterocycles. The zero-order valence-corrected chi connectivity index (χ0v) is 16.8. The Balaban J connectivity index is 2.18. The summed E-state index contributed by atoms with van der Waals surface area (Å²) in [6.45, 7) is 5.88. The molecular formula is C20H27ClN2O4. The summed E-state index contributed by atoms with van der Waals surface area (Å²) in [5.41, 5.74) is -0.821. The highest BCUT2D eigenvalue weighted by molar-refractivity contribution is 6.34. The van der Waals surface area contributed by atoms with Crippen molar-refractivity contribution < 1.29 is 19.5 Å². The fraction of sp³-hybridized carbons (Fsp3) is 0.550. The first-order valence-electron chi connectivity index (χ1n) is 9.18. The lowest BCUT2D eigenvalue weighted by atomic mass is 9.81. The fourth-order valence-electron chi connectivity index (χ4n) is 3.30. The second kappa shape index (κ2) is 8.30. The van der Waals surface area contributed by atoms with Gasteiger partial charge in [0.1, 0.15) is 5.54 Å². The Morgan fingerprint density at radius 2 is 1.78 bits per heavy atom. The maximum absolute atomic E-state index is 12.7. The molecule has 1 saturated carbocycles. The molecule has 0 aliphatic heterocycles. The molecule has 1 aromatic carbocycles. The van der Waals surface area contributed by atoms with Crippen molar-refractivity contribution >= 4 is 35.1 Å². The minimum absolute atomic E-state index is 0.149. The van der Waals surface area contributed by atoms with Gasteiger partial charge in [0, 0.05) is 12.1 Å². The van der Waals surface area contributed by atoms with Crippen molar-refractivity contribution in [3.63, 3.8) is 0 Å². The number of amides is 2. The monoisotopic (exact) mass is 394 g/mol. The number of halogens is 1. The number of carbonyl (C=O) groups excluding carboxylic acids is 2. The average Bonchev–Trinajstić information content (AvgIpc) is 2.55. The van der Waals surface area contributed by atoms with E-state index in [4.69, 9.17) is 11.6 Å². The van der Waals surface area contributed by atoms with E-state index >= 15 is 0 Å². The van der Waals surface area contributed by atoms with E-state index in [0.717, 1.165) is 19.3 Å². The second-order valence-electron chi connectivity index (χ2n) is 8.38. The van der Waals surface area contributed by atoms with Crippen LogP contribution in [0.25, 0.3) is 0 Å². The molecule has 0 bridgehead atoms. The SMILES string of the molecule is CC(C)(C)CC(=O)Nc1ccc(Cl)c(C(=O)NC2(C(=O)O)CCCCC2)c1. The third-order valence-electron chi connectivity index (χ3n) is 4.65. The molecule has 27 heavy (non-hydrogen) atoms. The van der Waals surface area contributed by atoms with E-state index in [1.54, 1.807) is 6.07 Å². The summed E-state index contributed by atoms with van der Waals surface area (Å²) < 4.78 is 0. The minimum Gasteiger partial charge on any atom is -0.480 e. The summed E-state index contributed by atoms with van der Waals surface area (Å²) in [5, 5.41) is 15.3. The zero-order valence-electron chi connectivity index (χ0n) is 16.0. The predicted molar refractivity (Wildman–Crippen MR) is 105 cm³/mol. The van der Waals surface area contributed by atoms with Crippen molar-refractivity contribution in [2.75, 3.05) is 5.32 Å². The van der Waals surface area contributed by atoms with Gasteiger partial charge in [-0.1, -0.05) is 51.6 Å². The Bertz CT molecular complexity index is 734. The molecule has 148 valence electrons. The number of carboxylic acid groups (broad SMARTS) is 1. The molecule has 0 unspecified atom stereocenters. The van der Waals surface area contributed by atoms with E-state index in [0.29, 0.717) is 24.9 Å². The van der Waals surface area contributed by atoms with Crippen LogP contribution in [-0.2, 0) is 9.59 Å². The maximum Gasteiger partial charge on any atom is 0.329 e. The van der Waals surface area contributed by atoms with Crippen molar-refractivity contribution in [2.24, 2.45) is 5.41 Å². The Hall–Kier alpha value is -2.08. The molecule has 1 aliphatic rings. The number of anilines is 1. The Morgan fingerprint density at radius 1 is 1.15 bits per heavy atom. The summed E-state index contributed by atoms with van der Waals surface area (Å²) in [4.78, 5) is 36.6. The lowest BCUT2D eigenvalue weighted by Gasteiger charge is -2.34. The highest BCUT2D eigenvalue weighted by Gasteiger charge is 2.41. The number of benzene rings is 1. The van der Waals surface area contributed by atoms with Gasteiger partial charge in [0.2, 0.25) is 5.91 Å². The third-order valence-corrected chi connectivity index (χ3v) is 4.98. The quantitative estimate of drug-likeness (QED) is 0.696. The van der Waals surface area contributed by atoms with Crippen molar-refractivity contribution in [1.82, 2.24) is 5.32 Å². The van der Waals surface area contributed by atoms with Crippen LogP contribution in [0.3, 0.4) is 0 Å². The van der Waals surface area contributed by atoms with Crippen LogP contribution in [0.4, 0.5) is 5.69 Å². The van der Waals surface area contributed by atoms with Crippen LogP contribution in [0.2, 0.25) is 5.02 Å². The van der Waals surface area contributed by atoms with Crippen LogP contribution in [0.15, 0.2) is 18.2 Å². The summed E-state index contributed by atoms with van der Waals surface area (Å²) in [7, 11) is 0. The van der Waals surface area contributed by atoms with Gasteiger partial charge in [-0.2, -0.15) is 0 Å². The Kier molecular flexibility index (Phi) is 6.52. The van der Waals surface area contributed by atoms with Crippen molar-refractivity contribution in [3.05, 3.63) is 28.8 Å². The first-order chi connectivity index (χ1) is 12.5. The van der Waals surface area contributed by atoms with Crippen molar-refractivity contribution in [1.29, 1.82) is 0 Å². The van der Waals surface area contributed by atoms with Crippen LogP contribution >= 0.6 is 11.6 Å². The number of hydrogen-bond acceptors (Lipinski definition) is 3. The van der Waals surface area contributed by atoms with Crippen LogP contribution < -0.4 is 10.6 Å². The molecule has 7 heteroatoms. The van der Waals surface area contributed by atoms with E-state index in [1.165, 1.54) is 12.1 Å². The van der Waals surface area contributed by atoms with Crippen molar-refractivity contribution in [2.45, 2.75) is 64.8 Å². The van der Waals surface area contributed by atoms with Crippen molar-refractivity contribution in [3.8, 4) is 0 Å². The second-order valence-corrected chi connectivity index (χ2v) is 8.79. The van der Waals surface area contributed by atoms with Crippen LogP contribution in [0, 0.1) is 5.41 Å². The molecule has 0 radical (unpaired) electrons. The molecule has 1 aromatic rings. The summed E-state index contributed by atoms with van der Waals surface area (Å²) >= 11 is 6.16. The Morgan fingerprint density at radius 3 is 2.33 bits per heavy atom. The first-order valence-corrected chi connectivity index (χ1v) is 9.56. The highest BCUT2D eigenvalue weighted by Crippen LogP contribution is 2.30. The molecule has 2 rings (SSSR count). The zero-order chi connectivity index (χ0) is 20.2. The normalized spacial score (nSPS) is 16.4. The molecule has 1 fully saturated rings. The Labute approximate surface area is 164 Å². The molecule has 0 atom stereocenters. The smallest absolute Gasteiger partial charge is 0.329 e. The minimum atomic E-state index is -1.26. The van der Waals surface area contributed by atoms with Gasteiger partial charge in [-0.05, 0) is 36.5 Å². The largest absolute Gasteiger partial charge is 0.480 e. The van der Waals surface area contributed by atoms with Gasteiger partial charge in [0.25, 0.3) is 5.91 Å². The lowest BCUT2D eigenvalue weighted by molar-refractivity contribution is -0.146. The number of nitrogens with one attached hydrogen (secondary N) is 2. The van der Waals surface area contributed by atoms with E-state index in [9.17, 15) is 19.5 Å². The summed E-state index contributed by atoms with van der Waals surface area (Å²) in [5.74, 6) is -1.73. The summed E-state index contributed by atoms with van der Waals surface area (Å²) in [6, 6.07) is 4.63. The van der Waals surface area contributed by atoms with E-state index in [1.807, 2.05) is 20.8 Å². The van der Waals surface area contributed by atoms with Gasteiger partial charge in [-0.15, -0.1) is 0 Å². The van der Waals surface area contributed by atoms with Gasteiger partial charge < -0.3 is 15.7 Å². The number of aliphatic carboxylic acids is 1. The molecule has 0 aromatic heterocycles. The van der Waals surface area contributed by atoms with Crippen LogP contribution in [0.5, 0.6) is 0 Å². The van der Waals surface area contributed by atoms with Gasteiger partial charge in [0.05, 0.1) is 10.6 Å². The van der Waals surface area contributed by atoms with Gasteiger partial charge in [0.15, 0.2) is 0 Å². The molecule has 1 aliphatic carbocycles. The van der Waals surface area contributed by atoms with E-state index in [2.05, 4.69) is 10.6 Å². The average molecular weight is 395 g/mol. The molecule has 3 N–H and O–H groups in total. The van der Waals surface area contributed by atoms with Gasteiger partial charge in [-0.25, -0.2) is 4.79 Å². The highest BCUT2D eigenvalue weighted by atomic mass is 35.5.